The lowest BCUT2D eigenvalue weighted by Gasteiger charge is -2.15. The van der Waals surface area contributed by atoms with Gasteiger partial charge >= 0.3 is 6.61 Å². The van der Waals surface area contributed by atoms with E-state index in [1.54, 1.807) is 25.2 Å². The van der Waals surface area contributed by atoms with Crippen molar-refractivity contribution in [3.8, 4) is 17.2 Å². The largest absolute Gasteiger partial charge is 0.454 e. The Morgan fingerprint density at radius 1 is 1.11 bits per heavy atom. The van der Waals surface area contributed by atoms with Gasteiger partial charge in [-0.25, -0.2) is 0 Å². The molecule has 1 aliphatic heterocycles. The summed E-state index contributed by atoms with van der Waals surface area (Å²) in [5.41, 5.74) is 2.58. The summed E-state index contributed by atoms with van der Waals surface area (Å²) in [5, 5.41) is 6.28. The maximum absolute atomic E-state index is 12.6. The van der Waals surface area contributed by atoms with E-state index >= 15 is 0 Å². The molecule has 6 nitrogen and oxygen atoms in total. The number of hydrogen-bond donors (Lipinski definition) is 2. The van der Waals surface area contributed by atoms with Crippen molar-refractivity contribution >= 4 is 5.96 Å². The van der Waals surface area contributed by atoms with Gasteiger partial charge in [0.15, 0.2) is 17.5 Å². The molecule has 8 heteroatoms. The third-order valence-electron chi connectivity index (χ3n) is 4.00. The van der Waals surface area contributed by atoms with Crippen LogP contribution in [0.3, 0.4) is 0 Å². The Labute approximate surface area is 156 Å². The number of fused-ring (bicyclic) bond motifs is 1. The molecule has 144 valence electrons. The van der Waals surface area contributed by atoms with Crippen LogP contribution in [0, 0.1) is 6.92 Å². The minimum absolute atomic E-state index is 0.148. The number of benzene rings is 2. The Kier molecular flexibility index (Phi) is 5.95. The number of hydrogen-bond acceptors (Lipinski definition) is 4. The van der Waals surface area contributed by atoms with Gasteiger partial charge in [0, 0.05) is 25.7 Å². The number of nitrogens with one attached hydrogen (secondary N) is 2. The highest BCUT2D eigenvalue weighted by atomic mass is 19.3. The summed E-state index contributed by atoms with van der Waals surface area (Å²) in [6.45, 7) is 0.0711. The second-order valence-electron chi connectivity index (χ2n) is 5.96. The molecule has 0 unspecified atom stereocenters. The van der Waals surface area contributed by atoms with E-state index in [2.05, 4.69) is 20.4 Å². The number of guanidine groups is 1. The lowest BCUT2D eigenvalue weighted by atomic mass is 10.1. The predicted octanol–water partition coefficient (Wildman–Crippen LogP) is 3.19. The van der Waals surface area contributed by atoms with Crippen LogP contribution in [-0.2, 0) is 13.1 Å². The number of ether oxygens (including phenoxy) is 3. The van der Waals surface area contributed by atoms with Crippen molar-refractivity contribution in [2.75, 3.05) is 13.8 Å². The third-order valence-corrected chi connectivity index (χ3v) is 4.00. The maximum atomic E-state index is 12.6. The zero-order valence-corrected chi connectivity index (χ0v) is 15.1. The van der Waals surface area contributed by atoms with Gasteiger partial charge in [0.1, 0.15) is 5.75 Å². The lowest BCUT2D eigenvalue weighted by molar-refractivity contribution is -0.0504. The van der Waals surface area contributed by atoms with Crippen molar-refractivity contribution in [2.24, 2.45) is 4.99 Å². The van der Waals surface area contributed by atoms with Gasteiger partial charge in [0.25, 0.3) is 0 Å². The number of aliphatic imine (C=N–C) groups is 1. The monoisotopic (exact) mass is 377 g/mol. The SMILES string of the molecule is CN=C(NCc1ccc2c(c1)OCO2)NCc1cc(C)ccc1OC(F)F. The quantitative estimate of drug-likeness (QED) is 0.598. The number of rotatable bonds is 6. The number of aryl methyl sites for hydroxylation is 1. The van der Waals surface area contributed by atoms with Gasteiger partial charge in [0.05, 0.1) is 0 Å². The van der Waals surface area contributed by atoms with Crippen LogP contribution in [0.25, 0.3) is 0 Å². The predicted molar refractivity (Wildman–Crippen MR) is 97.4 cm³/mol. The molecular formula is C19H21F2N3O3. The summed E-state index contributed by atoms with van der Waals surface area (Å²) in [7, 11) is 1.64. The van der Waals surface area contributed by atoms with Crippen molar-refractivity contribution in [1.82, 2.24) is 10.6 Å². The van der Waals surface area contributed by atoms with E-state index in [1.807, 2.05) is 25.1 Å². The molecule has 0 saturated carbocycles. The minimum Gasteiger partial charge on any atom is -0.454 e. The van der Waals surface area contributed by atoms with Gasteiger partial charge in [-0.05, 0) is 30.7 Å². The van der Waals surface area contributed by atoms with Gasteiger partial charge < -0.3 is 24.8 Å². The van der Waals surface area contributed by atoms with Crippen LogP contribution in [0.1, 0.15) is 16.7 Å². The normalized spacial score (nSPS) is 13.0. The summed E-state index contributed by atoms with van der Waals surface area (Å²) >= 11 is 0. The highest BCUT2D eigenvalue weighted by Gasteiger charge is 2.14. The summed E-state index contributed by atoms with van der Waals surface area (Å²) in [6.07, 6.45) is 0. The first-order valence-corrected chi connectivity index (χ1v) is 8.42. The fraction of sp³-hybridized carbons (Fsp3) is 0.316. The van der Waals surface area contributed by atoms with Crippen LogP contribution >= 0.6 is 0 Å². The van der Waals surface area contributed by atoms with Crippen molar-refractivity contribution in [1.29, 1.82) is 0 Å². The topological polar surface area (TPSA) is 64.1 Å². The fourth-order valence-electron chi connectivity index (χ4n) is 2.69. The summed E-state index contributed by atoms with van der Waals surface area (Å²) in [5.74, 6) is 2.13. The van der Waals surface area contributed by atoms with Gasteiger partial charge in [0.2, 0.25) is 6.79 Å². The summed E-state index contributed by atoms with van der Waals surface area (Å²) in [4.78, 5) is 4.15. The van der Waals surface area contributed by atoms with E-state index in [9.17, 15) is 8.78 Å². The molecule has 0 bridgehead atoms. The number of nitrogens with zero attached hydrogens (tertiary/aromatic N) is 1. The number of alkyl halides is 2. The van der Waals surface area contributed by atoms with Gasteiger partial charge in [-0.1, -0.05) is 23.8 Å². The average Bonchev–Trinajstić information content (AvgIpc) is 3.11. The Bertz CT molecular complexity index is 828. The highest BCUT2D eigenvalue weighted by Crippen LogP contribution is 2.32. The Morgan fingerprint density at radius 2 is 1.89 bits per heavy atom. The third kappa shape index (κ3) is 4.99. The van der Waals surface area contributed by atoms with Crippen molar-refractivity contribution < 1.29 is 23.0 Å². The second-order valence-corrected chi connectivity index (χ2v) is 5.96. The molecule has 0 aliphatic carbocycles. The average molecular weight is 377 g/mol. The van der Waals surface area contributed by atoms with Crippen LogP contribution in [0.15, 0.2) is 41.4 Å². The van der Waals surface area contributed by atoms with Crippen molar-refractivity contribution in [2.45, 2.75) is 26.6 Å². The first-order valence-electron chi connectivity index (χ1n) is 8.42. The second kappa shape index (κ2) is 8.57. The number of halogens is 2. The highest BCUT2D eigenvalue weighted by molar-refractivity contribution is 5.79. The maximum Gasteiger partial charge on any atom is 0.387 e. The Hall–Kier alpha value is -3.03. The fourth-order valence-corrected chi connectivity index (χ4v) is 2.69. The lowest BCUT2D eigenvalue weighted by Crippen LogP contribution is -2.36. The van der Waals surface area contributed by atoms with Crippen LogP contribution < -0.4 is 24.8 Å². The molecule has 0 spiro atoms. The zero-order valence-electron chi connectivity index (χ0n) is 15.1. The molecular weight excluding hydrogens is 356 g/mol. The van der Waals surface area contributed by atoms with Crippen molar-refractivity contribution in [3.63, 3.8) is 0 Å². The molecule has 0 aromatic heterocycles. The molecule has 27 heavy (non-hydrogen) atoms. The van der Waals surface area contributed by atoms with E-state index < -0.39 is 6.61 Å². The van der Waals surface area contributed by atoms with Crippen LogP contribution in [0.2, 0.25) is 0 Å². The van der Waals surface area contributed by atoms with E-state index in [1.165, 1.54) is 0 Å². The molecule has 1 aliphatic rings. The van der Waals surface area contributed by atoms with E-state index in [4.69, 9.17) is 9.47 Å². The molecule has 0 radical (unpaired) electrons. The molecule has 0 atom stereocenters. The molecule has 2 aromatic carbocycles. The van der Waals surface area contributed by atoms with Crippen molar-refractivity contribution in [3.05, 3.63) is 53.1 Å². The summed E-state index contributed by atoms with van der Waals surface area (Å²) < 4.78 is 40.4. The van der Waals surface area contributed by atoms with Gasteiger partial charge in [-0.2, -0.15) is 8.78 Å². The zero-order chi connectivity index (χ0) is 19.2. The van der Waals surface area contributed by atoms with E-state index in [-0.39, 0.29) is 12.5 Å². The van der Waals surface area contributed by atoms with Crippen LogP contribution in [0.4, 0.5) is 8.78 Å². The molecule has 3 rings (SSSR count). The van der Waals surface area contributed by atoms with E-state index in [0.717, 1.165) is 16.9 Å². The smallest absolute Gasteiger partial charge is 0.387 e. The van der Waals surface area contributed by atoms with Gasteiger partial charge in [-0.3, -0.25) is 4.99 Å². The molecule has 0 saturated heterocycles. The van der Waals surface area contributed by atoms with Crippen LogP contribution in [-0.4, -0.2) is 26.4 Å². The molecule has 0 fully saturated rings. The summed E-state index contributed by atoms with van der Waals surface area (Å²) in [6, 6.07) is 10.8. The Balaban J connectivity index is 1.59. The molecule has 0 amide bonds. The minimum atomic E-state index is -2.87. The standard InChI is InChI=1S/C19H21F2N3O3/c1-12-3-5-15(27-18(20)21)14(7-12)10-24-19(22-2)23-9-13-4-6-16-17(8-13)26-11-25-16/h3-8,18H,9-11H2,1-2H3,(H2,22,23,24). The Morgan fingerprint density at radius 3 is 2.67 bits per heavy atom. The molecule has 1 heterocycles. The van der Waals surface area contributed by atoms with Gasteiger partial charge in [-0.15, -0.1) is 0 Å². The van der Waals surface area contributed by atoms with Crippen LogP contribution in [0.5, 0.6) is 17.2 Å². The molecule has 2 N–H and O–H groups in total. The van der Waals surface area contributed by atoms with E-state index in [0.29, 0.717) is 30.4 Å². The first-order chi connectivity index (χ1) is 13.0. The molecule has 2 aromatic rings. The first kappa shape index (κ1) is 18.8.